The summed E-state index contributed by atoms with van der Waals surface area (Å²) in [6, 6.07) is 0.188. The average Bonchev–Trinajstić information content (AvgIpc) is 3.82. The molecule has 19 heteroatoms. The molecule has 3 aliphatic rings. The van der Waals surface area contributed by atoms with Crippen LogP contribution in [0.2, 0.25) is 10.0 Å². The Kier molecular flexibility index (Phi) is 19.2. The Hall–Kier alpha value is -4.12. The van der Waals surface area contributed by atoms with E-state index in [0.717, 1.165) is 48.8 Å². The van der Waals surface area contributed by atoms with Crippen molar-refractivity contribution in [2.45, 2.75) is 154 Å². The smallest absolute Gasteiger partial charge is 0.354 e. The van der Waals surface area contributed by atoms with Crippen molar-refractivity contribution in [1.82, 2.24) is 36.0 Å². The number of nitrogens with zero attached hydrogens (tertiary/aromatic N) is 3. The third kappa shape index (κ3) is 14.2. The van der Waals surface area contributed by atoms with E-state index < -0.39 is 83.8 Å². The normalized spacial score (nSPS) is 18.8. The summed E-state index contributed by atoms with van der Waals surface area (Å²) in [7, 11) is 1.38. The Bertz CT molecular complexity index is 1850. The maximum atomic E-state index is 14.8. The lowest BCUT2D eigenvalue weighted by Gasteiger charge is -2.36. The maximum Gasteiger partial charge on any atom is 0.400 e. The molecule has 7 amide bonds. The molecule has 0 aromatic heterocycles. The molecule has 5 atom stereocenters. The third-order valence-electron chi connectivity index (χ3n) is 12.4. The summed E-state index contributed by atoms with van der Waals surface area (Å²) in [6.07, 6.45) is 1.50. The Morgan fingerprint density at radius 1 is 0.922 bits per heavy atom. The Balaban J connectivity index is 1.54. The number of unbranched alkanes of at least 4 members (excludes halogenated alkanes) is 1. The summed E-state index contributed by atoms with van der Waals surface area (Å²) in [6.45, 7) is 8.35. The first-order chi connectivity index (χ1) is 30.1. The van der Waals surface area contributed by atoms with Crippen molar-refractivity contribution in [3.63, 3.8) is 0 Å². The fourth-order valence-corrected chi connectivity index (χ4v) is 8.64. The van der Waals surface area contributed by atoms with Crippen LogP contribution >= 0.6 is 23.2 Å². The quantitative estimate of drug-likeness (QED) is 0.104. The molecule has 0 radical (unpaired) electrons. The first kappa shape index (κ1) is 52.5. The van der Waals surface area contributed by atoms with Gasteiger partial charge in [0, 0.05) is 43.1 Å². The van der Waals surface area contributed by atoms with Crippen LogP contribution in [0.5, 0.6) is 0 Å². The third-order valence-corrected chi connectivity index (χ3v) is 13.0. The molecule has 5 unspecified atom stereocenters. The molecule has 1 aromatic rings. The Morgan fingerprint density at radius 2 is 1.61 bits per heavy atom. The molecule has 2 saturated carbocycles. The van der Waals surface area contributed by atoms with Crippen molar-refractivity contribution < 1.29 is 46.7 Å². The van der Waals surface area contributed by atoms with Gasteiger partial charge >= 0.3 is 6.18 Å². The van der Waals surface area contributed by atoms with Gasteiger partial charge in [-0.1, -0.05) is 76.6 Å². The Labute approximate surface area is 384 Å². The highest BCUT2D eigenvalue weighted by atomic mass is 35.5. The number of hydrogen-bond donors (Lipinski definition) is 4. The van der Waals surface area contributed by atoms with Crippen LogP contribution in [-0.4, -0.2) is 125 Å². The summed E-state index contributed by atoms with van der Waals surface area (Å²) in [5.74, 6) is -6.99. The Morgan fingerprint density at radius 3 is 2.19 bits per heavy atom. The van der Waals surface area contributed by atoms with E-state index in [9.17, 15) is 46.7 Å². The van der Waals surface area contributed by atoms with Gasteiger partial charge in [-0.05, 0) is 93.9 Å². The fraction of sp³-hybridized carbons (Fsp3) is 0.711. The lowest BCUT2D eigenvalue weighted by molar-refractivity contribution is -0.186. The standard InChI is InChI=1S/C45H66Cl2F3N7O7/c1-7-9-19-51-43(64)44(17-18-44)54-39(60)36(25-30-24-31(46)15-16-32(30)47)56(20-8-2)42(63)33(22-27(3)4)52-37(58)26-55(6)41(62)34(23-29-12-10-13-29)53-38(59)35-14-11-21-57(35)40(61)28(5)45(48,49)50/h15-16,24,27-29,33-36H,7-14,17-23,25-26H2,1-6H3,(H,51,64)(H,52,58)(H,53,59)(H,54,60). The van der Waals surface area contributed by atoms with E-state index >= 15 is 0 Å². The number of carbonyl (C=O) groups excluding carboxylic acids is 7. The molecule has 0 spiro atoms. The zero-order chi connectivity index (χ0) is 47.5. The second kappa shape index (κ2) is 23.4. The second-order valence-corrected chi connectivity index (χ2v) is 19.0. The fourth-order valence-electron chi connectivity index (χ4n) is 8.25. The molecule has 1 aliphatic heterocycles. The molecule has 3 fully saturated rings. The summed E-state index contributed by atoms with van der Waals surface area (Å²) in [5, 5.41) is 12.0. The van der Waals surface area contributed by atoms with Crippen molar-refractivity contribution >= 4 is 64.6 Å². The van der Waals surface area contributed by atoms with E-state index in [2.05, 4.69) is 21.3 Å². The van der Waals surface area contributed by atoms with Crippen LogP contribution in [0.1, 0.15) is 117 Å². The summed E-state index contributed by atoms with van der Waals surface area (Å²) in [5.41, 5.74) is -0.628. The largest absolute Gasteiger partial charge is 0.400 e. The lowest BCUT2D eigenvalue weighted by Crippen LogP contribution is -2.60. The monoisotopic (exact) mass is 943 g/mol. The molecule has 4 N–H and O–H groups in total. The first-order valence-corrected chi connectivity index (χ1v) is 23.4. The number of halogens is 5. The van der Waals surface area contributed by atoms with Gasteiger partial charge in [-0.2, -0.15) is 13.2 Å². The molecular weight excluding hydrogens is 878 g/mol. The predicted molar refractivity (Wildman–Crippen MR) is 237 cm³/mol. The minimum atomic E-state index is -4.78. The van der Waals surface area contributed by atoms with Crippen molar-refractivity contribution in [3.8, 4) is 0 Å². The molecule has 1 saturated heterocycles. The molecule has 1 heterocycles. The van der Waals surface area contributed by atoms with E-state index in [-0.39, 0.29) is 56.5 Å². The topological polar surface area (TPSA) is 177 Å². The summed E-state index contributed by atoms with van der Waals surface area (Å²) < 4.78 is 40.3. The molecule has 2 aliphatic carbocycles. The predicted octanol–water partition coefficient (Wildman–Crippen LogP) is 5.56. The maximum absolute atomic E-state index is 14.8. The van der Waals surface area contributed by atoms with Gasteiger partial charge in [0.2, 0.25) is 41.4 Å². The number of benzene rings is 1. The summed E-state index contributed by atoms with van der Waals surface area (Å²) in [4.78, 5) is 100. The number of carbonyl (C=O) groups is 7. The van der Waals surface area contributed by atoms with E-state index in [1.807, 2.05) is 27.7 Å². The minimum Gasteiger partial charge on any atom is -0.354 e. The van der Waals surface area contributed by atoms with Crippen LogP contribution in [0, 0.1) is 17.8 Å². The number of rotatable bonds is 23. The van der Waals surface area contributed by atoms with Crippen LogP contribution in [0.15, 0.2) is 18.2 Å². The number of alkyl halides is 3. The molecular formula is C45H66Cl2F3N7O7. The van der Waals surface area contributed by atoms with Crippen LogP contribution in [0.4, 0.5) is 13.2 Å². The van der Waals surface area contributed by atoms with Gasteiger partial charge in [-0.25, -0.2) is 0 Å². The van der Waals surface area contributed by atoms with E-state index in [1.165, 1.54) is 11.9 Å². The van der Waals surface area contributed by atoms with Gasteiger partial charge in [0.05, 0.1) is 6.54 Å². The van der Waals surface area contributed by atoms with Gasteiger partial charge in [0.1, 0.15) is 35.6 Å². The first-order valence-electron chi connectivity index (χ1n) is 22.7. The highest BCUT2D eigenvalue weighted by Gasteiger charge is 2.52. The minimum absolute atomic E-state index is 0.0264. The lowest BCUT2D eigenvalue weighted by atomic mass is 9.80. The zero-order valence-electron chi connectivity index (χ0n) is 37.9. The van der Waals surface area contributed by atoms with Gasteiger partial charge < -0.3 is 36.0 Å². The second-order valence-electron chi connectivity index (χ2n) is 18.2. The van der Waals surface area contributed by atoms with Gasteiger partial charge in [0.15, 0.2) is 0 Å². The molecule has 358 valence electrons. The van der Waals surface area contributed by atoms with Crippen LogP contribution in [-0.2, 0) is 40.0 Å². The zero-order valence-corrected chi connectivity index (χ0v) is 39.4. The molecule has 64 heavy (non-hydrogen) atoms. The van der Waals surface area contributed by atoms with Crippen molar-refractivity contribution in [2.75, 3.05) is 33.2 Å². The number of likely N-dealkylation sites (N-methyl/N-ethyl adjacent to an activating group) is 1. The number of amides is 7. The van der Waals surface area contributed by atoms with E-state index in [1.54, 1.807) is 18.2 Å². The van der Waals surface area contributed by atoms with Crippen LogP contribution in [0.25, 0.3) is 0 Å². The highest BCUT2D eigenvalue weighted by molar-refractivity contribution is 6.33. The van der Waals surface area contributed by atoms with Crippen molar-refractivity contribution in [2.24, 2.45) is 17.8 Å². The van der Waals surface area contributed by atoms with Crippen LogP contribution in [0.3, 0.4) is 0 Å². The SMILES string of the molecule is CCCCNC(=O)C1(NC(=O)C(Cc2cc(Cl)ccc2Cl)N(CCC)C(=O)C(CC(C)C)NC(=O)CN(C)C(=O)C(CC2CCC2)NC(=O)C2CCCN2C(=O)C(C)C(F)(F)F)CC1. The van der Waals surface area contributed by atoms with Gasteiger partial charge in [-0.3, -0.25) is 33.6 Å². The summed E-state index contributed by atoms with van der Waals surface area (Å²) >= 11 is 12.9. The molecule has 0 bridgehead atoms. The van der Waals surface area contributed by atoms with Crippen LogP contribution < -0.4 is 21.3 Å². The van der Waals surface area contributed by atoms with Crippen molar-refractivity contribution in [1.29, 1.82) is 0 Å². The molecule has 4 rings (SSSR count). The number of hydrogen-bond acceptors (Lipinski definition) is 7. The number of nitrogens with one attached hydrogen (secondary N) is 4. The van der Waals surface area contributed by atoms with Crippen molar-refractivity contribution in [3.05, 3.63) is 33.8 Å². The molecule has 14 nitrogen and oxygen atoms in total. The van der Waals surface area contributed by atoms with E-state index in [0.29, 0.717) is 47.8 Å². The molecule has 1 aromatic carbocycles. The highest BCUT2D eigenvalue weighted by Crippen LogP contribution is 2.37. The van der Waals surface area contributed by atoms with Gasteiger partial charge in [-0.15, -0.1) is 0 Å². The number of likely N-dealkylation sites (tertiary alicyclic amines) is 1. The van der Waals surface area contributed by atoms with E-state index in [4.69, 9.17) is 23.2 Å². The average molecular weight is 945 g/mol. The van der Waals surface area contributed by atoms with Gasteiger partial charge in [0.25, 0.3) is 0 Å².